The van der Waals surface area contributed by atoms with E-state index in [1.807, 2.05) is 7.05 Å². The van der Waals surface area contributed by atoms with Gasteiger partial charge < -0.3 is 4.74 Å². The van der Waals surface area contributed by atoms with Gasteiger partial charge in [-0.2, -0.15) is 0 Å². The van der Waals surface area contributed by atoms with Gasteiger partial charge in [-0.25, -0.2) is 4.57 Å². The first-order valence-corrected chi connectivity index (χ1v) is 9.25. The zero-order valence-electron chi connectivity index (χ0n) is 16.3. The molecule has 0 saturated heterocycles. The summed E-state index contributed by atoms with van der Waals surface area (Å²) >= 11 is 0. The van der Waals surface area contributed by atoms with Crippen LogP contribution < -0.4 is 9.30 Å². The van der Waals surface area contributed by atoms with Gasteiger partial charge in [-0.15, -0.1) is 0 Å². The molecule has 1 aromatic heterocycles. The van der Waals surface area contributed by atoms with Gasteiger partial charge in [0.05, 0.1) is 0 Å². The molecule has 2 heterocycles. The smallest absolute Gasteiger partial charge is 0.172 e. The van der Waals surface area contributed by atoms with Crippen molar-refractivity contribution in [2.24, 2.45) is 7.05 Å². The maximum Gasteiger partial charge on any atom is 0.172 e. The van der Waals surface area contributed by atoms with Gasteiger partial charge in [0.2, 0.25) is 0 Å². The summed E-state index contributed by atoms with van der Waals surface area (Å²) in [5, 5.41) is 0. The lowest BCUT2D eigenvalue weighted by Crippen LogP contribution is -2.26. The standard InChI is InChI=1S/C25H24NO/c1-17-5-8-20(9-6-17)25-15-22(14-21-11-12-26(4)16-19(21)3)23-13-18(2)7-10-24(23)27-25/h5-16H,1-4H3/q+1/b22-14+. The number of fused-ring (bicyclic) bond motifs is 1. The van der Waals surface area contributed by atoms with Gasteiger partial charge in [-0.05, 0) is 56.2 Å². The average Bonchev–Trinajstić information content (AvgIpc) is 2.65. The van der Waals surface area contributed by atoms with Crippen LogP contribution in [0.5, 0.6) is 5.75 Å². The summed E-state index contributed by atoms with van der Waals surface area (Å²) in [4.78, 5) is 0. The molecule has 4 rings (SSSR count). The fourth-order valence-electron chi connectivity index (χ4n) is 3.39. The van der Waals surface area contributed by atoms with E-state index in [-0.39, 0.29) is 0 Å². The van der Waals surface area contributed by atoms with Crippen molar-refractivity contribution in [3.8, 4) is 5.75 Å². The minimum absolute atomic E-state index is 0.886. The van der Waals surface area contributed by atoms with Gasteiger partial charge in [-0.1, -0.05) is 41.5 Å². The van der Waals surface area contributed by atoms with E-state index < -0.39 is 0 Å². The molecule has 134 valence electrons. The monoisotopic (exact) mass is 354 g/mol. The molecule has 1 aliphatic heterocycles. The largest absolute Gasteiger partial charge is 0.456 e. The predicted octanol–water partition coefficient (Wildman–Crippen LogP) is 5.41. The van der Waals surface area contributed by atoms with Crippen LogP contribution in [0.1, 0.15) is 33.4 Å². The number of nitrogens with zero attached hydrogens (tertiary/aromatic N) is 1. The van der Waals surface area contributed by atoms with Crippen molar-refractivity contribution in [1.82, 2.24) is 0 Å². The zero-order valence-corrected chi connectivity index (χ0v) is 16.3. The number of hydrogen-bond donors (Lipinski definition) is 0. The Morgan fingerprint density at radius 1 is 0.889 bits per heavy atom. The highest BCUT2D eigenvalue weighted by atomic mass is 16.5. The Balaban J connectivity index is 1.87. The van der Waals surface area contributed by atoms with Crippen LogP contribution in [0.3, 0.4) is 0 Å². The molecule has 2 heteroatoms. The van der Waals surface area contributed by atoms with E-state index in [0.29, 0.717) is 0 Å². The van der Waals surface area contributed by atoms with Gasteiger partial charge in [-0.3, -0.25) is 0 Å². The summed E-state index contributed by atoms with van der Waals surface area (Å²) in [6.07, 6.45) is 8.64. The van der Waals surface area contributed by atoms with Crippen molar-refractivity contribution in [3.63, 3.8) is 0 Å². The number of aryl methyl sites for hydroxylation is 4. The highest BCUT2D eigenvalue weighted by Crippen LogP contribution is 2.38. The van der Waals surface area contributed by atoms with Crippen molar-refractivity contribution >= 4 is 17.4 Å². The second-order valence-corrected chi connectivity index (χ2v) is 7.32. The molecule has 0 saturated carbocycles. The molecule has 0 unspecified atom stereocenters. The Bertz CT molecular complexity index is 1070. The summed E-state index contributed by atoms with van der Waals surface area (Å²) < 4.78 is 8.32. The molecule has 2 aromatic carbocycles. The fraction of sp³-hybridized carbons (Fsp3) is 0.160. The van der Waals surface area contributed by atoms with E-state index in [0.717, 1.165) is 22.6 Å². The van der Waals surface area contributed by atoms with E-state index in [4.69, 9.17) is 4.74 Å². The maximum atomic E-state index is 6.25. The van der Waals surface area contributed by atoms with E-state index in [2.05, 4.69) is 98.4 Å². The fourth-order valence-corrected chi connectivity index (χ4v) is 3.39. The second kappa shape index (κ2) is 6.88. The molecule has 0 amide bonds. The highest BCUT2D eigenvalue weighted by Gasteiger charge is 2.18. The van der Waals surface area contributed by atoms with Crippen molar-refractivity contribution in [2.75, 3.05) is 0 Å². The third-order valence-electron chi connectivity index (χ3n) is 4.94. The Labute approximate surface area is 161 Å². The Kier molecular flexibility index (Phi) is 4.41. The molecule has 27 heavy (non-hydrogen) atoms. The number of allylic oxidation sites excluding steroid dienone is 2. The molecular formula is C25H24NO+. The summed E-state index contributed by atoms with van der Waals surface area (Å²) in [5.74, 6) is 1.79. The highest BCUT2D eigenvalue weighted by molar-refractivity contribution is 5.96. The molecule has 0 spiro atoms. The van der Waals surface area contributed by atoms with Gasteiger partial charge in [0.15, 0.2) is 12.4 Å². The van der Waals surface area contributed by atoms with E-state index in [1.54, 1.807) is 0 Å². The molecule has 2 nitrogen and oxygen atoms in total. The molecule has 1 aliphatic rings. The Morgan fingerprint density at radius 2 is 1.63 bits per heavy atom. The van der Waals surface area contributed by atoms with E-state index in [1.165, 1.54) is 27.8 Å². The average molecular weight is 354 g/mol. The van der Waals surface area contributed by atoms with Crippen molar-refractivity contribution in [2.45, 2.75) is 20.8 Å². The first kappa shape index (κ1) is 17.3. The van der Waals surface area contributed by atoms with Gasteiger partial charge in [0.1, 0.15) is 18.6 Å². The van der Waals surface area contributed by atoms with Crippen LogP contribution in [0, 0.1) is 20.8 Å². The number of pyridine rings is 1. The van der Waals surface area contributed by atoms with Crippen LogP contribution in [0.25, 0.3) is 17.4 Å². The van der Waals surface area contributed by atoms with Crippen LogP contribution in [0.4, 0.5) is 0 Å². The molecule has 0 bridgehead atoms. The van der Waals surface area contributed by atoms with Crippen LogP contribution in [0.2, 0.25) is 0 Å². The molecule has 0 aliphatic carbocycles. The third-order valence-corrected chi connectivity index (χ3v) is 4.94. The molecule has 0 fully saturated rings. The maximum absolute atomic E-state index is 6.25. The number of benzene rings is 2. The van der Waals surface area contributed by atoms with E-state index >= 15 is 0 Å². The van der Waals surface area contributed by atoms with Crippen molar-refractivity contribution in [1.29, 1.82) is 0 Å². The minimum Gasteiger partial charge on any atom is -0.456 e. The quantitative estimate of drug-likeness (QED) is 0.561. The molecular weight excluding hydrogens is 330 g/mol. The number of rotatable bonds is 2. The van der Waals surface area contributed by atoms with Gasteiger partial charge in [0, 0.05) is 22.8 Å². The van der Waals surface area contributed by atoms with Crippen LogP contribution in [0.15, 0.2) is 67.0 Å². The lowest BCUT2D eigenvalue weighted by Gasteiger charge is -2.21. The summed E-state index contributed by atoms with van der Waals surface area (Å²) in [7, 11) is 2.05. The lowest BCUT2D eigenvalue weighted by molar-refractivity contribution is -0.671. The summed E-state index contributed by atoms with van der Waals surface area (Å²) in [6.45, 7) is 6.36. The molecule has 0 atom stereocenters. The predicted molar refractivity (Wildman–Crippen MR) is 111 cm³/mol. The normalized spacial score (nSPS) is 14.5. The topological polar surface area (TPSA) is 13.1 Å². The van der Waals surface area contributed by atoms with Crippen molar-refractivity contribution in [3.05, 3.63) is 100 Å². The van der Waals surface area contributed by atoms with Crippen LogP contribution >= 0.6 is 0 Å². The first-order chi connectivity index (χ1) is 13.0. The second-order valence-electron chi connectivity index (χ2n) is 7.32. The summed E-state index contributed by atoms with van der Waals surface area (Å²) in [6, 6.07) is 17.0. The van der Waals surface area contributed by atoms with Gasteiger partial charge >= 0.3 is 0 Å². The van der Waals surface area contributed by atoms with Crippen molar-refractivity contribution < 1.29 is 9.30 Å². The summed E-state index contributed by atoms with van der Waals surface area (Å²) in [5.41, 5.74) is 8.34. The lowest BCUT2D eigenvalue weighted by atomic mass is 9.95. The van der Waals surface area contributed by atoms with Crippen LogP contribution in [-0.2, 0) is 7.05 Å². The van der Waals surface area contributed by atoms with E-state index in [9.17, 15) is 0 Å². The van der Waals surface area contributed by atoms with Crippen LogP contribution in [-0.4, -0.2) is 0 Å². The Morgan fingerprint density at radius 3 is 2.37 bits per heavy atom. The zero-order chi connectivity index (χ0) is 19.0. The minimum atomic E-state index is 0.886. The Hall–Kier alpha value is -3.13. The SMILES string of the molecule is Cc1ccc(C2=C/C(=C\c3cc[n+](C)cc3C)c3cc(C)ccc3O2)cc1. The number of hydrogen-bond acceptors (Lipinski definition) is 1. The first-order valence-electron chi connectivity index (χ1n) is 9.25. The molecule has 0 N–H and O–H groups in total. The number of aromatic nitrogens is 1. The number of ether oxygens (including phenoxy) is 1. The van der Waals surface area contributed by atoms with Gasteiger partial charge in [0.25, 0.3) is 0 Å². The molecule has 3 aromatic rings. The third kappa shape index (κ3) is 3.56. The molecule has 0 radical (unpaired) electrons.